The number of rotatable bonds is 1. The summed E-state index contributed by atoms with van der Waals surface area (Å²) < 4.78 is 11.2. The number of hydrogen-bond donors (Lipinski definition) is 0. The zero-order chi connectivity index (χ0) is 8.48. The van der Waals surface area contributed by atoms with E-state index in [1.54, 1.807) is 0 Å². The van der Waals surface area contributed by atoms with Crippen LogP contribution in [0.15, 0.2) is 0 Å². The molecule has 0 aromatic heterocycles. The van der Waals surface area contributed by atoms with Gasteiger partial charge in [-0.05, 0) is 20.3 Å². The van der Waals surface area contributed by atoms with E-state index in [0.29, 0.717) is 12.0 Å². The van der Waals surface area contributed by atoms with E-state index in [1.807, 2.05) is 13.8 Å². The normalized spacial score (nSPS) is 37.1. The second-order valence-corrected chi connectivity index (χ2v) is 3.75. The van der Waals surface area contributed by atoms with Gasteiger partial charge < -0.3 is 9.47 Å². The summed E-state index contributed by atoms with van der Waals surface area (Å²) in [6.45, 7) is 9.10. The fraction of sp³-hybridized carbons (Fsp3) is 1.00. The smallest absolute Gasteiger partial charge is 0.163 e. The molecule has 1 fully saturated rings. The molecule has 0 spiro atoms. The van der Waals surface area contributed by atoms with Gasteiger partial charge in [-0.15, -0.1) is 0 Å². The summed E-state index contributed by atoms with van der Waals surface area (Å²) in [7, 11) is 0. The maximum Gasteiger partial charge on any atom is 0.163 e. The van der Waals surface area contributed by atoms with Crippen LogP contribution in [0, 0.1) is 5.92 Å². The van der Waals surface area contributed by atoms with Gasteiger partial charge in [0.25, 0.3) is 0 Å². The fourth-order valence-electron chi connectivity index (χ4n) is 1.44. The SMILES string of the molecule is CC[C@H]1OC(C)(C)OC[C@H]1C. The first-order valence-electron chi connectivity index (χ1n) is 4.37. The summed E-state index contributed by atoms with van der Waals surface area (Å²) >= 11 is 0. The van der Waals surface area contributed by atoms with E-state index in [1.165, 1.54) is 0 Å². The molecule has 0 aromatic carbocycles. The Kier molecular flexibility index (Phi) is 2.55. The largest absolute Gasteiger partial charge is 0.350 e. The second-order valence-electron chi connectivity index (χ2n) is 3.75. The fourth-order valence-corrected chi connectivity index (χ4v) is 1.44. The second kappa shape index (κ2) is 3.11. The van der Waals surface area contributed by atoms with Gasteiger partial charge in [0.15, 0.2) is 5.79 Å². The van der Waals surface area contributed by atoms with Crippen LogP contribution < -0.4 is 0 Å². The van der Waals surface area contributed by atoms with E-state index in [2.05, 4.69) is 13.8 Å². The third-order valence-corrected chi connectivity index (χ3v) is 2.17. The molecular weight excluding hydrogens is 140 g/mol. The highest BCUT2D eigenvalue weighted by atomic mass is 16.7. The molecule has 0 aromatic rings. The molecule has 0 N–H and O–H groups in total. The van der Waals surface area contributed by atoms with Gasteiger partial charge in [0.2, 0.25) is 0 Å². The van der Waals surface area contributed by atoms with Crippen LogP contribution in [0.25, 0.3) is 0 Å². The molecule has 1 rings (SSSR count). The van der Waals surface area contributed by atoms with Crippen molar-refractivity contribution in [3.8, 4) is 0 Å². The monoisotopic (exact) mass is 158 g/mol. The van der Waals surface area contributed by atoms with E-state index in [0.717, 1.165) is 13.0 Å². The lowest BCUT2D eigenvalue weighted by Crippen LogP contribution is -2.44. The summed E-state index contributed by atoms with van der Waals surface area (Å²) in [6.07, 6.45) is 1.45. The molecule has 0 saturated carbocycles. The van der Waals surface area contributed by atoms with Crippen LogP contribution in [-0.2, 0) is 9.47 Å². The van der Waals surface area contributed by atoms with Crippen molar-refractivity contribution in [1.82, 2.24) is 0 Å². The molecule has 11 heavy (non-hydrogen) atoms. The van der Waals surface area contributed by atoms with E-state index < -0.39 is 0 Å². The lowest BCUT2D eigenvalue weighted by molar-refractivity contribution is -0.290. The Morgan fingerprint density at radius 2 is 2.09 bits per heavy atom. The molecule has 0 aliphatic carbocycles. The molecule has 0 amide bonds. The Morgan fingerprint density at radius 3 is 2.55 bits per heavy atom. The van der Waals surface area contributed by atoms with Crippen molar-refractivity contribution in [2.45, 2.75) is 46.0 Å². The Morgan fingerprint density at radius 1 is 1.45 bits per heavy atom. The Labute approximate surface area is 68.9 Å². The van der Waals surface area contributed by atoms with Gasteiger partial charge >= 0.3 is 0 Å². The number of hydrogen-bond acceptors (Lipinski definition) is 2. The van der Waals surface area contributed by atoms with Crippen LogP contribution in [0.3, 0.4) is 0 Å². The van der Waals surface area contributed by atoms with E-state index in [9.17, 15) is 0 Å². The predicted octanol–water partition coefficient (Wildman–Crippen LogP) is 2.18. The van der Waals surface area contributed by atoms with Crippen LogP contribution in [-0.4, -0.2) is 18.5 Å². The van der Waals surface area contributed by atoms with Crippen LogP contribution in [0.4, 0.5) is 0 Å². The van der Waals surface area contributed by atoms with E-state index >= 15 is 0 Å². The van der Waals surface area contributed by atoms with Crippen LogP contribution in [0.1, 0.15) is 34.1 Å². The first-order valence-corrected chi connectivity index (χ1v) is 4.37. The van der Waals surface area contributed by atoms with Gasteiger partial charge in [-0.1, -0.05) is 13.8 Å². The maximum absolute atomic E-state index is 5.71. The zero-order valence-electron chi connectivity index (χ0n) is 7.89. The minimum Gasteiger partial charge on any atom is -0.350 e. The van der Waals surface area contributed by atoms with Crippen molar-refractivity contribution < 1.29 is 9.47 Å². The highest BCUT2D eigenvalue weighted by molar-refractivity contribution is 4.73. The first kappa shape index (κ1) is 9.01. The predicted molar refractivity (Wildman–Crippen MR) is 44.4 cm³/mol. The van der Waals surface area contributed by atoms with Crippen molar-refractivity contribution in [3.05, 3.63) is 0 Å². The average Bonchev–Trinajstić information content (AvgIpc) is 1.94. The van der Waals surface area contributed by atoms with Crippen molar-refractivity contribution in [1.29, 1.82) is 0 Å². The minimum absolute atomic E-state index is 0.368. The lowest BCUT2D eigenvalue weighted by Gasteiger charge is -2.39. The molecule has 1 aliphatic rings. The highest BCUT2D eigenvalue weighted by Gasteiger charge is 2.32. The quantitative estimate of drug-likeness (QED) is 0.582. The summed E-state index contributed by atoms with van der Waals surface area (Å²) in [4.78, 5) is 0. The van der Waals surface area contributed by atoms with Gasteiger partial charge in [0.1, 0.15) is 0 Å². The Hall–Kier alpha value is -0.0800. The van der Waals surface area contributed by atoms with Gasteiger partial charge in [-0.3, -0.25) is 0 Å². The molecule has 2 nitrogen and oxygen atoms in total. The zero-order valence-corrected chi connectivity index (χ0v) is 7.89. The van der Waals surface area contributed by atoms with Crippen molar-refractivity contribution in [2.24, 2.45) is 5.92 Å². The summed E-state index contributed by atoms with van der Waals surface area (Å²) in [6, 6.07) is 0. The highest BCUT2D eigenvalue weighted by Crippen LogP contribution is 2.27. The molecule has 1 aliphatic heterocycles. The third kappa shape index (κ3) is 2.17. The summed E-state index contributed by atoms with van der Waals surface area (Å²) in [5.41, 5.74) is 0. The third-order valence-electron chi connectivity index (χ3n) is 2.17. The molecule has 2 atom stereocenters. The van der Waals surface area contributed by atoms with Gasteiger partial charge in [-0.25, -0.2) is 0 Å². The topological polar surface area (TPSA) is 18.5 Å². The van der Waals surface area contributed by atoms with E-state index in [4.69, 9.17) is 9.47 Å². The minimum atomic E-state index is -0.368. The average molecular weight is 158 g/mol. The Balaban J connectivity index is 2.51. The molecule has 66 valence electrons. The van der Waals surface area contributed by atoms with Gasteiger partial charge in [0, 0.05) is 5.92 Å². The molecule has 2 heteroatoms. The van der Waals surface area contributed by atoms with Crippen molar-refractivity contribution in [3.63, 3.8) is 0 Å². The standard InChI is InChI=1S/C9H18O2/c1-5-8-7(2)6-10-9(3,4)11-8/h7-8H,5-6H2,1-4H3/t7-,8-/m1/s1. The van der Waals surface area contributed by atoms with E-state index in [-0.39, 0.29) is 5.79 Å². The first-order chi connectivity index (χ1) is 5.05. The molecule has 1 saturated heterocycles. The van der Waals surface area contributed by atoms with Gasteiger partial charge in [0.05, 0.1) is 12.7 Å². The van der Waals surface area contributed by atoms with Crippen LogP contribution in [0.5, 0.6) is 0 Å². The van der Waals surface area contributed by atoms with Crippen LogP contribution in [0.2, 0.25) is 0 Å². The van der Waals surface area contributed by atoms with Crippen LogP contribution >= 0.6 is 0 Å². The van der Waals surface area contributed by atoms with Crippen molar-refractivity contribution in [2.75, 3.05) is 6.61 Å². The summed E-state index contributed by atoms with van der Waals surface area (Å²) in [5, 5.41) is 0. The molecule has 1 heterocycles. The van der Waals surface area contributed by atoms with Gasteiger partial charge in [-0.2, -0.15) is 0 Å². The number of ether oxygens (including phenoxy) is 2. The molecule has 0 unspecified atom stereocenters. The van der Waals surface area contributed by atoms with Crippen molar-refractivity contribution >= 4 is 0 Å². The molecular formula is C9H18O2. The summed E-state index contributed by atoms with van der Waals surface area (Å²) in [5.74, 6) is 0.167. The molecule has 0 radical (unpaired) electrons. The molecule has 0 bridgehead atoms. The maximum atomic E-state index is 5.71. The lowest BCUT2D eigenvalue weighted by atomic mass is 10.0. The Bertz CT molecular complexity index is 132.